The van der Waals surface area contributed by atoms with Gasteiger partial charge in [-0.3, -0.25) is 0 Å². The third-order valence-corrected chi connectivity index (χ3v) is 4.20. The number of aryl methyl sites for hydroxylation is 1. The molecular formula is C14H8BrClF4. The quantitative estimate of drug-likeness (QED) is 0.363. The van der Waals surface area contributed by atoms with Crippen molar-refractivity contribution in [2.45, 2.75) is 11.8 Å². The van der Waals surface area contributed by atoms with Crippen LogP contribution in [0.2, 0.25) is 5.02 Å². The molecule has 2 aromatic carbocycles. The van der Waals surface area contributed by atoms with Crippen LogP contribution in [-0.2, 0) is 0 Å². The number of hydrogen-bond donors (Lipinski definition) is 0. The van der Waals surface area contributed by atoms with Gasteiger partial charge in [0, 0.05) is 10.6 Å². The molecule has 0 nitrogen and oxygen atoms in total. The van der Waals surface area contributed by atoms with Crippen molar-refractivity contribution in [1.82, 2.24) is 0 Å². The Morgan fingerprint density at radius 1 is 0.950 bits per heavy atom. The average molecular weight is 368 g/mol. The summed E-state index contributed by atoms with van der Waals surface area (Å²) in [6.07, 6.45) is 0. The molecule has 0 N–H and O–H groups in total. The molecule has 0 spiro atoms. The predicted molar refractivity (Wildman–Crippen MR) is 73.2 cm³/mol. The van der Waals surface area contributed by atoms with Gasteiger partial charge in [0.05, 0.1) is 4.83 Å². The van der Waals surface area contributed by atoms with Crippen molar-refractivity contribution in [2.24, 2.45) is 0 Å². The van der Waals surface area contributed by atoms with Crippen LogP contribution in [0.3, 0.4) is 0 Å². The lowest BCUT2D eigenvalue weighted by atomic mass is 10.0. The van der Waals surface area contributed by atoms with Crippen molar-refractivity contribution in [3.05, 3.63) is 69.2 Å². The van der Waals surface area contributed by atoms with Gasteiger partial charge in [0.1, 0.15) is 5.82 Å². The maximum Gasteiger partial charge on any atom is 0.194 e. The van der Waals surface area contributed by atoms with Crippen LogP contribution in [0.4, 0.5) is 17.6 Å². The van der Waals surface area contributed by atoms with Gasteiger partial charge in [-0.2, -0.15) is 0 Å². The first kappa shape index (κ1) is 15.3. The minimum absolute atomic E-state index is 0.0686. The lowest BCUT2D eigenvalue weighted by Gasteiger charge is -2.15. The molecule has 0 aromatic heterocycles. The van der Waals surface area contributed by atoms with Crippen molar-refractivity contribution < 1.29 is 17.6 Å². The molecule has 6 heteroatoms. The topological polar surface area (TPSA) is 0 Å². The van der Waals surface area contributed by atoms with Crippen LogP contribution in [0.25, 0.3) is 0 Å². The first-order valence-electron chi connectivity index (χ1n) is 5.56. The maximum atomic E-state index is 13.7. The largest absolute Gasteiger partial charge is 0.207 e. The van der Waals surface area contributed by atoms with Crippen LogP contribution < -0.4 is 0 Å². The molecule has 0 bridgehead atoms. The first-order valence-corrected chi connectivity index (χ1v) is 6.85. The smallest absolute Gasteiger partial charge is 0.194 e. The lowest BCUT2D eigenvalue weighted by Crippen LogP contribution is -2.03. The van der Waals surface area contributed by atoms with Crippen LogP contribution in [0.1, 0.15) is 21.5 Å². The van der Waals surface area contributed by atoms with E-state index in [0.29, 0.717) is 11.1 Å². The molecule has 1 atom stereocenters. The third-order valence-electron chi connectivity index (χ3n) is 2.89. The fourth-order valence-electron chi connectivity index (χ4n) is 1.78. The van der Waals surface area contributed by atoms with Crippen LogP contribution >= 0.6 is 27.5 Å². The highest BCUT2D eigenvalue weighted by molar-refractivity contribution is 9.09. The molecule has 0 saturated carbocycles. The zero-order valence-corrected chi connectivity index (χ0v) is 12.5. The number of hydrogen-bond acceptors (Lipinski definition) is 0. The molecule has 1 unspecified atom stereocenters. The number of alkyl halides is 1. The summed E-state index contributed by atoms with van der Waals surface area (Å²) in [7, 11) is 0. The Labute approximate surface area is 126 Å². The SMILES string of the molecule is Cc1cc(C(Br)c2ccc(F)c(F)c2F)c(Cl)cc1F. The van der Waals surface area contributed by atoms with Crippen LogP contribution in [0.5, 0.6) is 0 Å². The zero-order chi connectivity index (χ0) is 15.0. The van der Waals surface area contributed by atoms with E-state index in [1.807, 2.05) is 0 Å². The van der Waals surface area contributed by atoms with E-state index in [1.165, 1.54) is 13.0 Å². The maximum absolute atomic E-state index is 13.7. The molecule has 0 saturated heterocycles. The van der Waals surface area contributed by atoms with Gasteiger partial charge in [0.25, 0.3) is 0 Å². The highest BCUT2D eigenvalue weighted by atomic mass is 79.9. The molecule has 2 rings (SSSR count). The Balaban J connectivity index is 2.55. The molecule has 20 heavy (non-hydrogen) atoms. The van der Waals surface area contributed by atoms with Crippen molar-refractivity contribution in [2.75, 3.05) is 0 Å². The Kier molecular flexibility index (Phi) is 4.39. The minimum Gasteiger partial charge on any atom is -0.207 e. The van der Waals surface area contributed by atoms with E-state index in [2.05, 4.69) is 15.9 Å². The van der Waals surface area contributed by atoms with Gasteiger partial charge in [-0.25, -0.2) is 17.6 Å². The first-order chi connectivity index (χ1) is 9.32. The van der Waals surface area contributed by atoms with Crippen LogP contribution in [0.15, 0.2) is 24.3 Å². The van der Waals surface area contributed by atoms with Gasteiger partial charge in [-0.1, -0.05) is 39.7 Å². The Hall–Kier alpha value is -1.07. The predicted octanol–water partition coefficient (Wildman–Crippen LogP) is 5.69. The van der Waals surface area contributed by atoms with Crippen molar-refractivity contribution in [3.63, 3.8) is 0 Å². The van der Waals surface area contributed by atoms with E-state index in [-0.39, 0.29) is 10.6 Å². The van der Waals surface area contributed by atoms with Gasteiger partial charge in [-0.05, 0) is 30.2 Å². The fourth-order valence-corrected chi connectivity index (χ4v) is 2.90. The second kappa shape index (κ2) is 5.74. The van der Waals surface area contributed by atoms with Gasteiger partial charge >= 0.3 is 0 Å². The minimum atomic E-state index is -1.55. The Morgan fingerprint density at radius 2 is 1.60 bits per heavy atom. The number of halogens is 6. The van der Waals surface area contributed by atoms with E-state index < -0.39 is 28.1 Å². The zero-order valence-electron chi connectivity index (χ0n) is 10.2. The highest BCUT2D eigenvalue weighted by Gasteiger charge is 2.22. The average Bonchev–Trinajstić information content (AvgIpc) is 2.40. The van der Waals surface area contributed by atoms with E-state index in [9.17, 15) is 17.6 Å². The number of rotatable bonds is 2. The standard InChI is InChI=1S/C14H8BrClF4/c1-6-4-8(9(16)5-11(6)18)12(15)7-2-3-10(17)14(20)13(7)19/h2-5,12H,1H3. The summed E-state index contributed by atoms with van der Waals surface area (Å²) in [5.74, 6) is -4.62. The van der Waals surface area contributed by atoms with E-state index in [0.717, 1.165) is 18.2 Å². The molecule has 0 amide bonds. The van der Waals surface area contributed by atoms with Gasteiger partial charge in [0.15, 0.2) is 17.5 Å². The summed E-state index contributed by atoms with van der Waals surface area (Å²) in [4.78, 5) is -0.815. The molecule has 2 aromatic rings. The van der Waals surface area contributed by atoms with Gasteiger partial charge < -0.3 is 0 Å². The van der Waals surface area contributed by atoms with Crippen molar-refractivity contribution >= 4 is 27.5 Å². The van der Waals surface area contributed by atoms with Crippen LogP contribution in [0, 0.1) is 30.2 Å². The van der Waals surface area contributed by atoms with E-state index >= 15 is 0 Å². The summed E-state index contributed by atoms with van der Waals surface area (Å²) < 4.78 is 53.2. The molecular weight excluding hydrogens is 360 g/mol. The second-order valence-electron chi connectivity index (χ2n) is 4.25. The molecule has 0 aliphatic rings. The Morgan fingerprint density at radius 3 is 2.25 bits per heavy atom. The lowest BCUT2D eigenvalue weighted by molar-refractivity contribution is 0.442. The van der Waals surface area contributed by atoms with E-state index in [1.54, 1.807) is 0 Å². The van der Waals surface area contributed by atoms with Crippen molar-refractivity contribution in [3.8, 4) is 0 Å². The molecule has 0 radical (unpaired) electrons. The molecule has 106 valence electrons. The summed E-state index contributed by atoms with van der Waals surface area (Å²) >= 11 is 9.09. The van der Waals surface area contributed by atoms with Gasteiger partial charge in [0.2, 0.25) is 0 Å². The Bertz CT molecular complexity index is 671. The monoisotopic (exact) mass is 366 g/mol. The molecule has 0 heterocycles. The molecule has 0 aliphatic heterocycles. The van der Waals surface area contributed by atoms with Crippen LogP contribution in [-0.4, -0.2) is 0 Å². The highest BCUT2D eigenvalue weighted by Crippen LogP contribution is 2.38. The second-order valence-corrected chi connectivity index (χ2v) is 5.57. The summed E-state index contributed by atoms with van der Waals surface area (Å²) in [5, 5.41) is 0.0686. The third kappa shape index (κ3) is 2.69. The number of benzene rings is 2. The summed E-state index contributed by atoms with van der Waals surface area (Å²) in [6.45, 7) is 1.52. The fraction of sp³-hybridized carbons (Fsp3) is 0.143. The van der Waals surface area contributed by atoms with Gasteiger partial charge in [-0.15, -0.1) is 0 Å². The normalized spacial score (nSPS) is 12.6. The van der Waals surface area contributed by atoms with Crippen molar-refractivity contribution in [1.29, 1.82) is 0 Å². The van der Waals surface area contributed by atoms with E-state index in [4.69, 9.17) is 11.6 Å². The summed E-state index contributed by atoms with van der Waals surface area (Å²) in [5.41, 5.74) is 0.573. The summed E-state index contributed by atoms with van der Waals surface area (Å²) in [6, 6.07) is 4.46. The molecule has 0 fully saturated rings. The molecule has 0 aliphatic carbocycles.